The van der Waals surface area contributed by atoms with Crippen LogP contribution in [-0.2, 0) is 10.0 Å². The predicted octanol–water partition coefficient (Wildman–Crippen LogP) is 2.80. The number of sulfonamides is 1. The second-order valence-electron chi connectivity index (χ2n) is 5.44. The van der Waals surface area contributed by atoms with Crippen molar-refractivity contribution in [2.24, 2.45) is 5.92 Å². The van der Waals surface area contributed by atoms with E-state index in [4.69, 9.17) is 11.6 Å². The minimum Gasteiger partial charge on any atom is -0.288 e. The molecule has 0 amide bonds. The van der Waals surface area contributed by atoms with Crippen LogP contribution in [0.3, 0.4) is 0 Å². The van der Waals surface area contributed by atoms with Crippen LogP contribution in [0.25, 0.3) is 5.65 Å². The fourth-order valence-electron chi connectivity index (χ4n) is 2.45. The Balaban J connectivity index is 2.07. The molecule has 0 aromatic carbocycles. The number of nitrogens with zero attached hydrogens (tertiary/aromatic N) is 3. The standard InChI is InChI=1S/C14H18ClN3O2S/c1-2-8-17(10-11-6-7-11)21(19,20)14-13(15)16-12-5-3-4-9-18(12)14/h3-5,9,11H,2,6-8,10H2,1H3. The van der Waals surface area contributed by atoms with Crippen molar-refractivity contribution in [1.29, 1.82) is 0 Å². The van der Waals surface area contributed by atoms with Gasteiger partial charge >= 0.3 is 0 Å². The summed E-state index contributed by atoms with van der Waals surface area (Å²) in [6.07, 6.45) is 4.68. The Bertz CT molecular complexity index is 753. The average Bonchev–Trinajstić information content (AvgIpc) is 3.18. The van der Waals surface area contributed by atoms with Gasteiger partial charge in [-0.15, -0.1) is 0 Å². The highest BCUT2D eigenvalue weighted by Crippen LogP contribution is 2.33. The summed E-state index contributed by atoms with van der Waals surface area (Å²) in [5.74, 6) is 0.490. The van der Waals surface area contributed by atoms with Crippen LogP contribution < -0.4 is 0 Å². The van der Waals surface area contributed by atoms with Crippen LogP contribution in [0.1, 0.15) is 26.2 Å². The second kappa shape index (κ2) is 5.59. The third-order valence-electron chi connectivity index (χ3n) is 3.66. The maximum atomic E-state index is 13.0. The zero-order valence-corrected chi connectivity index (χ0v) is 13.4. The van der Waals surface area contributed by atoms with E-state index >= 15 is 0 Å². The molecular weight excluding hydrogens is 310 g/mol. The number of fused-ring (bicyclic) bond motifs is 1. The van der Waals surface area contributed by atoms with E-state index in [-0.39, 0.29) is 10.2 Å². The van der Waals surface area contributed by atoms with Crippen molar-refractivity contribution in [3.63, 3.8) is 0 Å². The molecule has 0 N–H and O–H groups in total. The molecule has 3 rings (SSSR count). The summed E-state index contributed by atoms with van der Waals surface area (Å²) in [4.78, 5) is 4.14. The van der Waals surface area contributed by atoms with Crippen molar-refractivity contribution in [3.05, 3.63) is 29.5 Å². The SMILES string of the molecule is CCCN(CC1CC1)S(=O)(=O)c1c(Cl)nc2ccccn12. The topological polar surface area (TPSA) is 54.7 Å². The first-order valence-corrected chi connectivity index (χ1v) is 8.98. The van der Waals surface area contributed by atoms with Gasteiger partial charge < -0.3 is 0 Å². The molecule has 0 saturated heterocycles. The normalized spacial score (nSPS) is 16.0. The lowest BCUT2D eigenvalue weighted by Crippen LogP contribution is -2.34. The van der Waals surface area contributed by atoms with Crippen molar-refractivity contribution in [2.75, 3.05) is 13.1 Å². The number of pyridine rings is 1. The largest absolute Gasteiger partial charge is 0.288 e. The lowest BCUT2D eigenvalue weighted by atomic mass is 10.4. The molecule has 7 heteroatoms. The maximum Gasteiger partial charge on any atom is 0.262 e. The summed E-state index contributed by atoms with van der Waals surface area (Å²) < 4.78 is 29.0. The molecule has 1 aliphatic rings. The van der Waals surface area contributed by atoms with Gasteiger partial charge in [-0.3, -0.25) is 4.40 Å². The first-order valence-electron chi connectivity index (χ1n) is 7.16. The van der Waals surface area contributed by atoms with Gasteiger partial charge in [0.2, 0.25) is 0 Å². The smallest absolute Gasteiger partial charge is 0.262 e. The molecule has 21 heavy (non-hydrogen) atoms. The van der Waals surface area contributed by atoms with Gasteiger partial charge in [0.15, 0.2) is 10.2 Å². The molecule has 0 spiro atoms. The van der Waals surface area contributed by atoms with Gasteiger partial charge in [0.25, 0.3) is 10.0 Å². The Labute approximate surface area is 129 Å². The van der Waals surface area contributed by atoms with E-state index in [9.17, 15) is 8.42 Å². The Morgan fingerprint density at radius 1 is 1.43 bits per heavy atom. The van der Waals surface area contributed by atoms with E-state index in [2.05, 4.69) is 4.98 Å². The Kier molecular flexibility index (Phi) is 3.94. The lowest BCUT2D eigenvalue weighted by molar-refractivity contribution is 0.393. The summed E-state index contributed by atoms with van der Waals surface area (Å²) in [6, 6.07) is 5.33. The van der Waals surface area contributed by atoms with Crippen molar-refractivity contribution in [2.45, 2.75) is 31.2 Å². The zero-order valence-electron chi connectivity index (χ0n) is 11.9. The van der Waals surface area contributed by atoms with E-state index in [0.717, 1.165) is 19.3 Å². The van der Waals surface area contributed by atoms with Crippen LogP contribution in [0.15, 0.2) is 29.4 Å². The molecule has 2 heterocycles. The molecule has 2 aromatic heterocycles. The molecule has 5 nitrogen and oxygen atoms in total. The van der Waals surface area contributed by atoms with Crippen molar-refractivity contribution in [3.8, 4) is 0 Å². The van der Waals surface area contributed by atoms with Gasteiger partial charge in [-0.1, -0.05) is 24.6 Å². The van der Waals surface area contributed by atoms with E-state index in [1.54, 1.807) is 27.0 Å². The van der Waals surface area contributed by atoms with E-state index < -0.39 is 10.0 Å². The van der Waals surface area contributed by atoms with Crippen LogP contribution in [0.2, 0.25) is 5.15 Å². The third kappa shape index (κ3) is 2.80. The van der Waals surface area contributed by atoms with Gasteiger partial charge in [0.1, 0.15) is 5.65 Å². The van der Waals surface area contributed by atoms with Crippen LogP contribution >= 0.6 is 11.6 Å². The highest BCUT2D eigenvalue weighted by atomic mass is 35.5. The fraction of sp³-hybridized carbons (Fsp3) is 0.500. The minimum absolute atomic E-state index is 0.0399. The van der Waals surface area contributed by atoms with Gasteiger partial charge in [-0.2, -0.15) is 4.31 Å². The molecular formula is C14H18ClN3O2S. The summed E-state index contributed by atoms with van der Waals surface area (Å²) in [6.45, 7) is 3.06. The highest BCUT2D eigenvalue weighted by Gasteiger charge is 2.34. The van der Waals surface area contributed by atoms with Gasteiger partial charge in [0, 0.05) is 19.3 Å². The number of hydrogen-bond acceptors (Lipinski definition) is 3. The monoisotopic (exact) mass is 327 g/mol. The first-order chi connectivity index (χ1) is 10.0. The highest BCUT2D eigenvalue weighted by molar-refractivity contribution is 7.89. The molecule has 0 aliphatic heterocycles. The predicted molar refractivity (Wildman–Crippen MR) is 82.0 cm³/mol. The van der Waals surface area contributed by atoms with Gasteiger partial charge in [0.05, 0.1) is 0 Å². The quantitative estimate of drug-likeness (QED) is 0.819. The Morgan fingerprint density at radius 3 is 2.86 bits per heavy atom. The van der Waals surface area contributed by atoms with Gasteiger partial charge in [-0.25, -0.2) is 13.4 Å². The van der Waals surface area contributed by atoms with Gasteiger partial charge in [-0.05, 0) is 37.3 Å². The number of rotatable bonds is 6. The van der Waals surface area contributed by atoms with Crippen molar-refractivity contribution in [1.82, 2.24) is 13.7 Å². The number of aromatic nitrogens is 2. The van der Waals surface area contributed by atoms with Crippen LogP contribution in [0.4, 0.5) is 0 Å². The molecule has 1 aliphatic carbocycles. The Hall–Kier alpha value is -1.11. The minimum atomic E-state index is -3.63. The van der Waals surface area contributed by atoms with Crippen LogP contribution in [0.5, 0.6) is 0 Å². The molecule has 0 atom stereocenters. The molecule has 1 saturated carbocycles. The second-order valence-corrected chi connectivity index (χ2v) is 7.65. The first kappa shape index (κ1) is 14.8. The van der Waals surface area contributed by atoms with Crippen molar-refractivity contribution >= 4 is 27.3 Å². The average molecular weight is 328 g/mol. The summed E-state index contributed by atoms with van der Waals surface area (Å²) >= 11 is 6.11. The van der Waals surface area contributed by atoms with E-state index in [1.807, 2.05) is 13.0 Å². The van der Waals surface area contributed by atoms with Crippen LogP contribution in [0, 0.1) is 5.92 Å². The van der Waals surface area contributed by atoms with Crippen LogP contribution in [-0.4, -0.2) is 35.2 Å². The van der Waals surface area contributed by atoms with E-state index in [0.29, 0.717) is 24.7 Å². The number of halogens is 1. The number of imidazole rings is 1. The lowest BCUT2D eigenvalue weighted by Gasteiger charge is -2.21. The summed E-state index contributed by atoms with van der Waals surface area (Å²) in [5.41, 5.74) is 0.545. The summed E-state index contributed by atoms with van der Waals surface area (Å²) in [5, 5.41) is 0.118. The fourth-order valence-corrected chi connectivity index (χ4v) is 4.65. The molecule has 0 unspecified atom stereocenters. The maximum absolute atomic E-state index is 13.0. The zero-order chi connectivity index (χ0) is 15.0. The molecule has 0 radical (unpaired) electrons. The Morgan fingerprint density at radius 2 is 2.19 bits per heavy atom. The molecule has 114 valence electrons. The third-order valence-corrected chi connectivity index (χ3v) is 5.93. The van der Waals surface area contributed by atoms with Crippen molar-refractivity contribution < 1.29 is 8.42 Å². The summed E-state index contributed by atoms with van der Waals surface area (Å²) in [7, 11) is -3.63. The molecule has 2 aromatic rings. The molecule has 1 fully saturated rings. The van der Waals surface area contributed by atoms with E-state index in [1.165, 1.54) is 0 Å². The number of hydrogen-bond donors (Lipinski definition) is 0. The molecule has 0 bridgehead atoms.